The quantitative estimate of drug-likeness (QED) is 0.713. The molecule has 0 heterocycles. The van der Waals surface area contributed by atoms with E-state index in [0.29, 0.717) is 18.4 Å². The Hall–Kier alpha value is -1.95. The van der Waals surface area contributed by atoms with Crippen molar-refractivity contribution >= 4 is 17.5 Å². The monoisotopic (exact) mass is 282 g/mol. The number of amides is 2. The van der Waals surface area contributed by atoms with Crippen molar-refractivity contribution in [2.24, 2.45) is 0 Å². The Bertz CT molecular complexity index is 471. The molecule has 1 atom stereocenters. The average molecular weight is 282 g/mol. The number of halogens is 1. The maximum Gasteiger partial charge on any atom is 0.313 e. The second kappa shape index (κ2) is 7.59. The van der Waals surface area contributed by atoms with Gasteiger partial charge in [-0.1, -0.05) is 0 Å². The van der Waals surface area contributed by atoms with E-state index in [1.54, 1.807) is 19.9 Å². The van der Waals surface area contributed by atoms with E-state index in [-0.39, 0.29) is 18.3 Å². The predicted molar refractivity (Wildman–Crippen MR) is 73.7 cm³/mol. The minimum Gasteiger partial charge on any atom is -0.396 e. The summed E-state index contributed by atoms with van der Waals surface area (Å²) in [5, 5.41) is 13.5. The van der Waals surface area contributed by atoms with Gasteiger partial charge in [0.05, 0.1) is 0 Å². The molecule has 3 N–H and O–H groups in total. The number of nitrogens with one attached hydrogen (secondary N) is 2. The first-order chi connectivity index (χ1) is 9.42. The molecule has 0 aliphatic heterocycles. The number of rotatable bonds is 5. The molecular weight excluding hydrogens is 263 g/mol. The lowest BCUT2D eigenvalue weighted by atomic mass is 10.2. The van der Waals surface area contributed by atoms with E-state index in [2.05, 4.69) is 10.6 Å². The molecule has 110 valence electrons. The predicted octanol–water partition coefficient (Wildman–Crippen LogP) is 1.35. The van der Waals surface area contributed by atoms with Crippen LogP contribution < -0.4 is 10.6 Å². The summed E-state index contributed by atoms with van der Waals surface area (Å²) in [6.07, 6.45) is 1.13. The fourth-order valence-electron chi connectivity index (χ4n) is 1.76. The lowest BCUT2D eigenvalue weighted by Crippen LogP contribution is -2.40. The van der Waals surface area contributed by atoms with Crippen LogP contribution in [0.25, 0.3) is 0 Å². The molecule has 2 amide bonds. The second-order valence-corrected chi connectivity index (χ2v) is 4.71. The van der Waals surface area contributed by atoms with E-state index >= 15 is 0 Å². The number of benzene rings is 1. The lowest BCUT2D eigenvalue weighted by Gasteiger charge is -2.13. The maximum atomic E-state index is 13.2. The van der Waals surface area contributed by atoms with Crippen LogP contribution in [-0.2, 0) is 9.59 Å². The Morgan fingerprint density at radius 3 is 2.60 bits per heavy atom. The molecule has 0 saturated heterocycles. The van der Waals surface area contributed by atoms with Crippen LogP contribution in [0.3, 0.4) is 0 Å². The fourth-order valence-corrected chi connectivity index (χ4v) is 1.76. The molecule has 0 aromatic heterocycles. The van der Waals surface area contributed by atoms with E-state index in [1.165, 1.54) is 6.07 Å². The van der Waals surface area contributed by atoms with Crippen molar-refractivity contribution in [2.75, 3.05) is 11.9 Å². The van der Waals surface area contributed by atoms with Gasteiger partial charge in [-0.2, -0.15) is 0 Å². The summed E-state index contributed by atoms with van der Waals surface area (Å²) in [4.78, 5) is 23.3. The van der Waals surface area contributed by atoms with Gasteiger partial charge in [-0.15, -0.1) is 0 Å². The van der Waals surface area contributed by atoms with Gasteiger partial charge < -0.3 is 15.7 Å². The highest BCUT2D eigenvalue weighted by Crippen LogP contribution is 2.13. The molecule has 0 fully saturated rings. The van der Waals surface area contributed by atoms with Crippen molar-refractivity contribution in [1.29, 1.82) is 0 Å². The Balaban J connectivity index is 2.55. The largest absolute Gasteiger partial charge is 0.396 e. The molecule has 0 bridgehead atoms. The number of aryl methyl sites for hydroxylation is 1. The summed E-state index contributed by atoms with van der Waals surface area (Å²) in [6.45, 7) is 3.47. The number of hydrogen-bond donors (Lipinski definition) is 3. The number of aliphatic hydroxyl groups excluding tert-OH is 1. The third-order valence-corrected chi connectivity index (χ3v) is 2.68. The van der Waals surface area contributed by atoms with E-state index in [4.69, 9.17) is 5.11 Å². The number of carbonyl (C=O) groups excluding carboxylic acids is 2. The average Bonchev–Trinajstić information content (AvgIpc) is 2.34. The lowest BCUT2D eigenvalue weighted by molar-refractivity contribution is -0.136. The van der Waals surface area contributed by atoms with Gasteiger partial charge in [-0.3, -0.25) is 9.59 Å². The van der Waals surface area contributed by atoms with Crippen molar-refractivity contribution in [3.63, 3.8) is 0 Å². The minimum atomic E-state index is -0.842. The normalized spacial score (nSPS) is 11.8. The van der Waals surface area contributed by atoms with Gasteiger partial charge in [0.15, 0.2) is 0 Å². The molecule has 0 aliphatic rings. The number of anilines is 1. The van der Waals surface area contributed by atoms with Crippen LogP contribution in [0.4, 0.5) is 10.1 Å². The summed E-state index contributed by atoms with van der Waals surface area (Å²) >= 11 is 0. The second-order valence-electron chi connectivity index (χ2n) is 4.71. The van der Waals surface area contributed by atoms with Gasteiger partial charge in [0.2, 0.25) is 0 Å². The third kappa shape index (κ3) is 5.36. The van der Waals surface area contributed by atoms with Crippen LogP contribution in [0.2, 0.25) is 0 Å². The molecule has 0 aliphatic carbocycles. The third-order valence-electron chi connectivity index (χ3n) is 2.68. The Morgan fingerprint density at radius 2 is 2.00 bits per heavy atom. The van der Waals surface area contributed by atoms with Gasteiger partial charge in [0.1, 0.15) is 5.82 Å². The highest BCUT2D eigenvalue weighted by molar-refractivity contribution is 6.39. The first-order valence-electron chi connectivity index (χ1n) is 6.42. The van der Waals surface area contributed by atoms with Crippen LogP contribution in [0.5, 0.6) is 0 Å². The smallest absolute Gasteiger partial charge is 0.313 e. The van der Waals surface area contributed by atoms with Gasteiger partial charge in [-0.25, -0.2) is 4.39 Å². The van der Waals surface area contributed by atoms with E-state index in [9.17, 15) is 14.0 Å². The van der Waals surface area contributed by atoms with Crippen molar-refractivity contribution in [3.8, 4) is 0 Å². The SMILES string of the molecule is Cc1cc(F)cc(NC(=O)C(=O)NC(C)CCCO)c1. The first kappa shape index (κ1) is 16.1. The molecule has 0 radical (unpaired) electrons. The highest BCUT2D eigenvalue weighted by Gasteiger charge is 2.16. The highest BCUT2D eigenvalue weighted by atomic mass is 19.1. The first-order valence-corrected chi connectivity index (χ1v) is 6.42. The summed E-state index contributed by atoms with van der Waals surface area (Å²) in [5.41, 5.74) is 0.891. The summed E-state index contributed by atoms with van der Waals surface area (Å²) in [7, 11) is 0. The number of hydrogen-bond acceptors (Lipinski definition) is 3. The molecule has 0 saturated carbocycles. The molecule has 20 heavy (non-hydrogen) atoms. The standard InChI is InChI=1S/C14H19FN2O3/c1-9-6-11(15)8-12(7-9)17-14(20)13(19)16-10(2)4-3-5-18/h6-8,10,18H,3-5H2,1-2H3,(H,16,19)(H,17,20). The van der Waals surface area contributed by atoms with E-state index < -0.39 is 17.6 Å². The maximum absolute atomic E-state index is 13.2. The fraction of sp³-hybridized carbons (Fsp3) is 0.429. The van der Waals surface area contributed by atoms with Gasteiger partial charge in [0.25, 0.3) is 0 Å². The van der Waals surface area contributed by atoms with Crippen molar-refractivity contribution < 1.29 is 19.1 Å². The molecule has 1 rings (SSSR count). The number of carbonyl (C=O) groups is 2. The van der Waals surface area contributed by atoms with Crippen LogP contribution in [0, 0.1) is 12.7 Å². The van der Waals surface area contributed by atoms with Crippen molar-refractivity contribution in [2.45, 2.75) is 32.7 Å². The van der Waals surface area contributed by atoms with Crippen LogP contribution >= 0.6 is 0 Å². The zero-order chi connectivity index (χ0) is 15.1. The van der Waals surface area contributed by atoms with Gasteiger partial charge in [-0.05, 0) is 50.5 Å². The number of aliphatic hydroxyl groups is 1. The van der Waals surface area contributed by atoms with Crippen molar-refractivity contribution in [1.82, 2.24) is 5.32 Å². The topological polar surface area (TPSA) is 78.4 Å². The summed E-state index contributed by atoms with van der Waals surface area (Å²) in [5.74, 6) is -2.10. The van der Waals surface area contributed by atoms with Gasteiger partial charge in [0, 0.05) is 18.3 Å². The Morgan fingerprint density at radius 1 is 1.30 bits per heavy atom. The van der Waals surface area contributed by atoms with Crippen LogP contribution in [0.1, 0.15) is 25.3 Å². The Kier molecular flexibility index (Phi) is 6.11. The summed E-state index contributed by atoms with van der Waals surface area (Å²) in [6, 6.07) is 3.83. The van der Waals surface area contributed by atoms with Crippen molar-refractivity contribution in [3.05, 3.63) is 29.6 Å². The molecule has 6 heteroatoms. The molecule has 1 aromatic carbocycles. The molecular formula is C14H19FN2O3. The Labute approximate surface area is 117 Å². The zero-order valence-electron chi connectivity index (χ0n) is 11.6. The van der Waals surface area contributed by atoms with Crippen LogP contribution in [0.15, 0.2) is 18.2 Å². The van der Waals surface area contributed by atoms with Gasteiger partial charge >= 0.3 is 11.8 Å². The zero-order valence-corrected chi connectivity index (χ0v) is 11.6. The van der Waals surface area contributed by atoms with Crippen LogP contribution in [-0.4, -0.2) is 29.6 Å². The minimum absolute atomic E-state index is 0.0367. The molecule has 5 nitrogen and oxygen atoms in total. The molecule has 1 unspecified atom stereocenters. The van der Waals surface area contributed by atoms with E-state index in [1.807, 2.05) is 0 Å². The van der Waals surface area contributed by atoms with E-state index in [0.717, 1.165) is 6.07 Å². The summed E-state index contributed by atoms with van der Waals surface area (Å²) < 4.78 is 13.2. The molecule has 1 aromatic rings. The molecule has 0 spiro atoms.